The van der Waals surface area contributed by atoms with Crippen molar-refractivity contribution in [1.82, 2.24) is 25.5 Å². The third kappa shape index (κ3) is 1.81. The summed E-state index contributed by atoms with van der Waals surface area (Å²) in [4.78, 5) is 10.9. The molecule has 2 unspecified atom stereocenters. The SMILES string of the molecule is Nc1nc(N2CCC3CCC(C2)N3)c2cn[nH]c2n1. The second kappa shape index (κ2) is 4.06. The number of rotatable bonds is 1. The highest BCUT2D eigenvalue weighted by molar-refractivity contribution is 5.87. The Labute approximate surface area is 110 Å². The first-order valence-electron chi connectivity index (χ1n) is 6.77. The number of hydrogen-bond acceptors (Lipinski definition) is 6. The van der Waals surface area contributed by atoms with E-state index in [2.05, 4.69) is 30.4 Å². The summed E-state index contributed by atoms with van der Waals surface area (Å²) < 4.78 is 0. The van der Waals surface area contributed by atoms with Crippen LogP contribution in [0.5, 0.6) is 0 Å². The van der Waals surface area contributed by atoms with Gasteiger partial charge in [0, 0.05) is 25.2 Å². The molecule has 2 aromatic rings. The maximum Gasteiger partial charge on any atom is 0.224 e. The van der Waals surface area contributed by atoms with E-state index in [4.69, 9.17) is 5.73 Å². The molecule has 0 radical (unpaired) electrons. The highest BCUT2D eigenvalue weighted by atomic mass is 15.3. The van der Waals surface area contributed by atoms with Crippen LogP contribution in [0.1, 0.15) is 19.3 Å². The van der Waals surface area contributed by atoms with E-state index >= 15 is 0 Å². The van der Waals surface area contributed by atoms with Crippen molar-refractivity contribution < 1.29 is 0 Å². The van der Waals surface area contributed by atoms with Crippen LogP contribution in [0.2, 0.25) is 0 Å². The van der Waals surface area contributed by atoms with E-state index in [9.17, 15) is 0 Å². The summed E-state index contributed by atoms with van der Waals surface area (Å²) in [5, 5.41) is 11.5. The fourth-order valence-electron chi connectivity index (χ4n) is 3.21. The molecule has 2 atom stereocenters. The predicted octanol–water partition coefficient (Wildman–Crippen LogP) is 0.266. The Kier molecular flexibility index (Phi) is 2.34. The van der Waals surface area contributed by atoms with Crippen LogP contribution in [0.15, 0.2) is 6.20 Å². The average molecular weight is 259 g/mol. The normalized spacial score (nSPS) is 26.8. The number of anilines is 2. The van der Waals surface area contributed by atoms with Crippen molar-refractivity contribution in [1.29, 1.82) is 0 Å². The Hall–Kier alpha value is -1.89. The van der Waals surface area contributed by atoms with Crippen LogP contribution < -0.4 is 16.0 Å². The summed E-state index contributed by atoms with van der Waals surface area (Å²) in [7, 11) is 0. The van der Waals surface area contributed by atoms with Gasteiger partial charge in [-0.2, -0.15) is 15.1 Å². The summed E-state index contributed by atoms with van der Waals surface area (Å²) >= 11 is 0. The highest BCUT2D eigenvalue weighted by Gasteiger charge is 2.30. The van der Waals surface area contributed by atoms with Gasteiger partial charge < -0.3 is 16.0 Å². The Morgan fingerprint density at radius 3 is 3.05 bits per heavy atom. The van der Waals surface area contributed by atoms with Gasteiger partial charge in [-0.25, -0.2) is 0 Å². The van der Waals surface area contributed by atoms with Crippen molar-refractivity contribution in [2.75, 3.05) is 23.7 Å². The van der Waals surface area contributed by atoms with E-state index < -0.39 is 0 Å². The average Bonchev–Trinajstić information content (AvgIpc) is 2.95. The molecule has 7 nitrogen and oxygen atoms in total. The molecule has 2 aromatic heterocycles. The molecular weight excluding hydrogens is 242 g/mol. The van der Waals surface area contributed by atoms with Gasteiger partial charge in [-0.15, -0.1) is 0 Å². The van der Waals surface area contributed by atoms with Gasteiger partial charge >= 0.3 is 0 Å². The number of nitrogens with zero attached hydrogens (tertiary/aromatic N) is 4. The standard InChI is InChI=1S/C12H17N7/c13-12-16-10-9(5-14-18-10)11(17-12)19-4-3-7-1-2-8(6-19)15-7/h5,7-8,15H,1-4,6H2,(H3,13,14,16,17,18). The zero-order valence-electron chi connectivity index (χ0n) is 10.6. The summed E-state index contributed by atoms with van der Waals surface area (Å²) in [6, 6.07) is 1.22. The predicted molar refractivity (Wildman–Crippen MR) is 72.9 cm³/mol. The molecule has 0 aliphatic carbocycles. The second-order valence-corrected chi connectivity index (χ2v) is 5.41. The zero-order chi connectivity index (χ0) is 12.8. The Morgan fingerprint density at radius 2 is 2.11 bits per heavy atom. The molecule has 0 amide bonds. The quantitative estimate of drug-likeness (QED) is 0.680. The first-order valence-corrected chi connectivity index (χ1v) is 6.77. The van der Waals surface area contributed by atoms with Crippen LogP contribution in [0, 0.1) is 0 Å². The lowest BCUT2D eigenvalue weighted by molar-refractivity contribution is 0.563. The lowest BCUT2D eigenvalue weighted by Crippen LogP contribution is -2.35. The van der Waals surface area contributed by atoms with Crippen molar-refractivity contribution in [3.05, 3.63) is 6.20 Å². The molecule has 2 aliphatic heterocycles. The molecule has 7 heteroatoms. The minimum Gasteiger partial charge on any atom is -0.368 e. The number of H-pyrrole nitrogens is 1. The first kappa shape index (κ1) is 11.0. The minimum absolute atomic E-state index is 0.300. The van der Waals surface area contributed by atoms with E-state index in [1.165, 1.54) is 12.8 Å². The fraction of sp³-hybridized carbons (Fsp3) is 0.583. The molecule has 2 bridgehead atoms. The van der Waals surface area contributed by atoms with E-state index in [1.54, 1.807) is 6.20 Å². The van der Waals surface area contributed by atoms with Gasteiger partial charge in [0.15, 0.2) is 5.65 Å². The minimum atomic E-state index is 0.300. The molecule has 2 aliphatic rings. The lowest BCUT2D eigenvalue weighted by atomic mass is 10.1. The van der Waals surface area contributed by atoms with Crippen molar-refractivity contribution in [2.45, 2.75) is 31.3 Å². The van der Waals surface area contributed by atoms with Gasteiger partial charge in [-0.05, 0) is 19.3 Å². The first-order chi connectivity index (χ1) is 9.29. The summed E-state index contributed by atoms with van der Waals surface area (Å²) in [6.07, 6.45) is 5.47. The zero-order valence-corrected chi connectivity index (χ0v) is 10.6. The molecule has 4 heterocycles. The van der Waals surface area contributed by atoms with Crippen LogP contribution in [0.3, 0.4) is 0 Å². The van der Waals surface area contributed by atoms with E-state index in [-0.39, 0.29) is 0 Å². The van der Waals surface area contributed by atoms with Gasteiger partial charge in [-0.3, -0.25) is 5.10 Å². The van der Waals surface area contributed by atoms with Gasteiger partial charge in [0.2, 0.25) is 5.95 Å². The summed E-state index contributed by atoms with van der Waals surface area (Å²) in [5.74, 6) is 1.21. The van der Waals surface area contributed by atoms with Gasteiger partial charge in [0.1, 0.15) is 5.82 Å². The Morgan fingerprint density at radius 1 is 1.21 bits per heavy atom. The molecule has 4 N–H and O–H groups in total. The maximum atomic E-state index is 5.79. The van der Waals surface area contributed by atoms with Crippen molar-refractivity contribution in [3.63, 3.8) is 0 Å². The van der Waals surface area contributed by atoms with Gasteiger partial charge in [0.05, 0.1) is 11.6 Å². The third-order valence-electron chi connectivity index (χ3n) is 4.13. The molecule has 19 heavy (non-hydrogen) atoms. The number of hydrogen-bond donors (Lipinski definition) is 3. The number of nitrogens with two attached hydrogens (primary N) is 1. The molecule has 0 spiro atoms. The molecular formula is C12H17N7. The molecule has 2 fully saturated rings. The monoisotopic (exact) mass is 259 g/mol. The van der Waals surface area contributed by atoms with Gasteiger partial charge in [0.25, 0.3) is 0 Å². The molecule has 4 rings (SSSR count). The third-order valence-corrected chi connectivity index (χ3v) is 4.13. The van der Waals surface area contributed by atoms with E-state index in [1.807, 2.05) is 0 Å². The number of fused-ring (bicyclic) bond motifs is 3. The summed E-state index contributed by atoms with van der Waals surface area (Å²) in [6.45, 7) is 1.98. The topological polar surface area (TPSA) is 95.7 Å². The van der Waals surface area contributed by atoms with E-state index in [0.29, 0.717) is 23.7 Å². The molecule has 100 valence electrons. The Balaban J connectivity index is 1.75. The number of nitrogen functional groups attached to an aromatic ring is 1. The second-order valence-electron chi connectivity index (χ2n) is 5.41. The summed E-state index contributed by atoms with van der Waals surface area (Å²) in [5.41, 5.74) is 6.51. The van der Waals surface area contributed by atoms with Crippen molar-refractivity contribution >= 4 is 22.8 Å². The fourth-order valence-corrected chi connectivity index (χ4v) is 3.21. The molecule has 0 saturated carbocycles. The number of aromatic nitrogens is 4. The number of aromatic amines is 1. The van der Waals surface area contributed by atoms with Crippen LogP contribution in [0.25, 0.3) is 11.0 Å². The number of nitrogens with one attached hydrogen (secondary N) is 2. The van der Waals surface area contributed by atoms with Crippen LogP contribution in [-0.2, 0) is 0 Å². The Bertz CT molecular complexity index is 607. The van der Waals surface area contributed by atoms with Gasteiger partial charge in [-0.1, -0.05) is 0 Å². The van der Waals surface area contributed by atoms with Crippen LogP contribution in [0.4, 0.5) is 11.8 Å². The van der Waals surface area contributed by atoms with Crippen molar-refractivity contribution in [2.24, 2.45) is 0 Å². The lowest BCUT2D eigenvalue weighted by Gasteiger charge is -2.25. The molecule has 2 saturated heterocycles. The smallest absolute Gasteiger partial charge is 0.224 e. The maximum absolute atomic E-state index is 5.79. The molecule has 0 aromatic carbocycles. The van der Waals surface area contributed by atoms with Crippen LogP contribution in [-0.4, -0.2) is 45.3 Å². The van der Waals surface area contributed by atoms with Crippen LogP contribution >= 0.6 is 0 Å². The highest BCUT2D eigenvalue weighted by Crippen LogP contribution is 2.28. The van der Waals surface area contributed by atoms with E-state index in [0.717, 1.165) is 30.7 Å². The largest absolute Gasteiger partial charge is 0.368 e. The van der Waals surface area contributed by atoms with Crippen molar-refractivity contribution in [3.8, 4) is 0 Å².